The van der Waals surface area contributed by atoms with Crippen molar-refractivity contribution in [2.45, 2.75) is 18.8 Å². The Morgan fingerprint density at radius 1 is 1.31 bits per heavy atom. The molecule has 0 amide bonds. The molecule has 0 spiro atoms. The van der Waals surface area contributed by atoms with Gasteiger partial charge in [0.25, 0.3) is 0 Å². The Hall–Kier alpha value is -1.62. The van der Waals surface area contributed by atoms with Gasteiger partial charge in [-0.05, 0) is 38.1 Å². The number of piperidine rings is 1. The van der Waals surface area contributed by atoms with Gasteiger partial charge in [-0.25, -0.2) is 9.50 Å². The molecule has 16 heavy (non-hydrogen) atoms. The van der Waals surface area contributed by atoms with Crippen molar-refractivity contribution in [3.05, 3.63) is 24.2 Å². The van der Waals surface area contributed by atoms with E-state index in [1.807, 2.05) is 18.3 Å². The van der Waals surface area contributed by atoms with Crippen LogP contribution in [0.5, 0.6) is 0 Å². The molecule has 1 aliphatic rings. The molecule has 0 aromatic carbocycles. The number of rotatable bonds is 1. The normalized spacial score (nSPS) is 18.0. The number of pyridine rings is 1. The van der Waals surface area contributed by atoms with E-state index in [1.54, 1.807) is 4.52 Å². The van der Waals surface area contributed by atoms with Crippen LogP contribution in [0.2, 0.25) is 0 Å². The van der Waals surface area contributed by atoms with Gasteiger partial charge in [-0.2, -0.15) is 5.10 Å². The van der Waals surface area contributed by atoms with E-state index in [2.05, 4.69) is 15.4 Å². The largest absolute Gasteiger partial charge is 0.397 e. The molecular formula is C11H15N5. The lowest BCUT2D eigenvalue weighted by Gasteiger charge is -2.19. The summed E-state index contributed by atoms with van der Waals surface area (Å²) in [7, 11) is 0. The van der Waals surface area contributed by atoms with Crippen LogP contribution < -0.4 is 11.1 Å². The zero-order valence-electron chi connectivity index (χ0n) is 9.06. The van der Waals surface area contributed by atoms with Crippen molar-refractivity contribution in [3.8, 4) is 0 Å². The summed E-state index contributed by atoms with van der Waals surface area (Å²) in [5.41, 5.74) is 7.31. The van der Waals surface area contributed by atoms with Crippen molar-refractivity contribution in [2.75, 3.05) is 18.8 Å². The summed E-state index contributed by atoms with van der Waals surface area (Å²) >= 11 is 0. The maximum atomic E-state index is 5.71. The van der Waals surface area contributed by atoms with Crippen LogP contribution in [-0.4, -0.2) is 27.7 Å². The highest BCUT2D eigenvalue weighted by Gasteiger charge is 2.19. The highest BCUT2D eigenvalue weighted by atomic mass is 15.3. The van der Waals surface area contributed by atoms with Gasteiger partial charge in [-0.1, -0.05) is 0 Å². The predicted octanol–water partition coefficient (Wildman–Crippen LogP) is 0.778. The summed E-state index contributed by atoms with van der Waals surface area (Å²) in [6, 6.07) is 3.77. The first-order valence-electron chi connectivity index (χ1n) is 5.65. The molecule has 3 rings (SSSR count). The molecule has 0 radical (unpaired) electrons. The van der Waals surface area contributed by atoms with Crippen LogP contribution >= 0.6 is 0 Å². The molecule has 2 aromatic heterocycles. The van der Waals surface area contributed by atoms with Gasteiger partial charge in [-0.3, -0.25) is 0 Å². The van der Waals surface area contributed by atoms with Crippen molar-refractivity contribution in [1.29, 1.82) is 0 Å². The Morgan fingerprint density at radius 3 is 2.94 bits per heavy atom. The summed E-state index contributed by atoms with van der Waals surface area (Å²) in [5, 5.41) is 7.84. The van der Waals surface area contributed by atoms with Gasteiger partial charge in [0.2, 0.25) is 0 Å². The summed E-state index contributed by atoms with van der Waals surface area (Å²) in [6.45, 7) is 2.12. The lowest BCUT2D eigenvalue weighted by Crippen LogP contribution is -2.27. The van der Waals surface area contributed by atoms with E-state index >= 15 is 0 Å². The molecule has 1 aliphatic heterocycles. The first-order valence-corrected chi connectivity index (χ1v) is 5.65. The van der Waals surface area contributed by atoms with E-state index < -0.39 is 0 Å². The average molecular weight is 217 g/mol. The number of nitrogens with one attached hydrogen (secondary N) is 1. The van der Waals surface area contributed by atoms with Crippen molar-refractivity contribution in [3.63, 3.8) is 0 Å². The molecule has 5 nitrogen and oxygen atoms in total. The molecule has 0 saturated carbocycles. The maximum Gasteiger partial charge on any atom is 0.155 e. The Kier molecular flexibility index (Phi) is 2.25. The minimum absolute atomic E-state index is 0.488. The molecule has 1 saturated heterocycles. The number of fused-ring (bicyclic) bond motifs is 1. The van der Waals surface area contributed by atoms with Gasteiger partial charge in [0.1, 0.15) is 0 Å². The number of nitrogen functional groups attached to an aromatic ring is 1. The minimum Gasteiger partial charge on any atom is -0.397 e. The van der Waals surface area contributed by atoms with Gasteiger partial charge in [0, 0.05) is 5.92 Å². The summed E-state index contributed by atoms with van der Waals surface area (Å²) in [5.74, 6) is 1.44. The number of hydrogen-bond donors (Lipinski definition) is 2. The first kappa shape index (κ1) is 9.59. The third-order valence-electron chi connectivity index (χ3n) is 3.07. The fourth-order valence-electron chi connectivity index (χ4n) is 2.17. The van der Waals surface area contributed by atoms with Crippen LogP contribution in [-0.2, 0) is 0 Å². The zero-order chi connectivity index (χ0) is 11.0. The lowest BCUT2D eigenvalue weighted by atomic mass is 9.98. The molecule has 3 N–H and O–H groups in total. The van der Waals surface area contributed by atoms with Crippen LogP contribution in [0.25, 0.3) is 5.65 Å². The SMILES string of the molecule is Nc1ccc2nc(C3CCNCC3)nn2c1. The molecule has 0 atom stereocenters. The van der Waals surface area contributed by atoms with Gasteiger partial charge in [0.15, 0.2) is 11.5 Å². The van der Waals surface area contributed by atoms with Crippen LogP contribution in [0.4, 0.5) is 5.69 Å². The van der Waals surface area contributed by atoms with Gasteiger partial charge >= 0.3 is 0 Å². The van der Waals surface area contributed by atoms with E-state index in [-0.39, 0.29) is 0 Å². The summed E-state index contributed by atoms with van der Waals surface area (Å²) < 4.78 is 1.77. The number of hydrogen-bond acceptors (Lipinski definition) is 4. The van der Waals surface area contributed by atoms with Crippen molar-refractivity contribution >= 4 is 11.3 Å². The topological polar surface area (TPSA) is 68.2 Å². The second kappa shape index (κ2) is 3.75. The average Bonchev–Trinajstić information content (AvgIpc) is 2.73. The molecule has 5 heteroatoms. The molecule has 3 heterocycles. The van der Waals surface area contributed by atoms with Crippen LogP contribution in [0.1, 0.15) is 24.6 Å². The zero-order valence-corrected chi connectivity index (χ0v) is 9.06. The van der Waals surface area contributed by atoms with Gasteiger partial charge in [0.05, 0.1) is 11.9 Å². The minimum atomic E-state index is 0.488. The maximum absolute atomic E-state index is 5.71. The lowest BCUT2D eigenvalue weighted by molar-refractivity contribution is 0.445. The van der Waals surface area contributed by atoms with E-state index in [4.69, 9.17) is 5.73 Å². The Balaban J connectivity index is 1.97. The third-order valence-corrected chi connectivity index (χ3v) is 3.07. The highest BCUT2D eigenvalue weighted by molar-refractivity contribution is 5.46. The number of nitrogens with two attached hydrogens (primary N) is 1. The highest BCUT2D eigenvalue weighted by Crippen LogP contribution is 2.22. The monoisotopic (exact) mass is 217 g/mol. The number of anilines is 1. The number of nitrogens with zero attached hydrogens (tertiary/aromatic N) is 3. The Bertz CT molecular complexity index is 498. The molecule has 1 fully saturated rings. The molecule has 0 aliphatic carbocycles. The molecule has 0 bridgehead atoms. The van der Waals surface area contributed by atoms with Crippen molar-refractivity contribution in [2.24, 2.45) is 0 Å². The van der Waals surface area contributed by atoms with Crippen LogP contribution in [0.3, 0.4) is 0 Å². The summed E-state index contributed by atoms with van der Waals surface area (Å²) in [6.07, 6.45) is 4.05. The van der Waals surface area contributed by atoms with Crippen LogP contribution in [0.15, 0.2) is 18.3 Å². The molecular weight excluding hydrogens is 202 g/mol. The first-order chi connectivity index (χ1) is 7.83. The Morgan fingerprint density at radius 2 is 2.12 bits per heavy atom. The van der Waals surface area contributed by atoms with E-state index in [0.29, 0.717) is 11.6 Å². The second-order valence-corrected chi connectivity index (χ2v) is 4.26. The predicted molar refractivity (Wildman–Crippen MR) is 62.2 cm³/mol. The third kappa shape index (κ3) is 1.63. The summed E-state index contributed by atoms with van der Waals surface area (Å²) in [4.78, 5) is 4.55. The van der Waals surface area contributed by atoms with E-state index in [1.165, 1.54) is 0 Å². The fourth-order valence-corrected chi connectivity index (χ4v) is 2.17. The van der Waals surface area contributed by atoms with Gasteiger partial charge < -0.3 is 11.1 Å². The fraction of sp³-hybridized carbons (Fsp3) is 0.455. The van der Waals surface area contributed by atoms with Crippen LogP contribution in [0, 0.1) is 0 Å². The number of aromatic nitrogens is 3. The molecule has 84 valence electrons. The standard InChI is InChI=1S/C11H15N5/c12-9-1-2-10-14-11(15-16(10)7-9)8-3-5-13-6-4-8/h1-2,7-8,13H,3-6,12H2. The van der Waals surface area contributed by atoms with Crippen molar-refractivity contribution in [1.82, 2.24) is 19.9 Å². The van der Waals surface area contributed by atoms with Crippen molar-refractivity contribution < 1.29 is 0 Å². The quantitative estimate of drug-likeness (QED) is 0.740. The van der Waals surface area contributed by atoms with E-state index in [0.717, 1.165) is 37.4 Å². The van der Waals surface area contributed by atoms with E-state index in [9.17, 15) is 0 Å². The van der Waals surface area contributed by atoms with Gasteiger partial charge in [-0.15, -0.1) is 0 Å². The Labute approximate surface area is 93.7 Å². The second-order valence-electron chi connectivity index (χ2n) is 4.26. The molecule has 0 unspecified atom stereocenters. The smallest absolute Gasteiger partial charge is 0.155 e. The molecule has 2 aromatic rings.